The summed E-state index contributed by atoms with van der Waals surface area (Å²) in [6.07, 6.45) is 3.73. The first kappa shape index (κ1) is 16.8. The van der Waals surface area contributed by atoms with Crippen LogP contribution in [0.25, 0.3) is 0 Å². The molecule has 0 spiro atoms. The van der Waals surface area contributed by atoms with Crippen LogP contribution in [0, 0.1) is 12.8 Å². The van der Waals surface area contributed by atoms with Gasteiger partial charge in [-0.2, -0.15) is 0 Å². The molecule has 6 heteroatoms. The van der Waals surface area contributed by atoms with E-state index in [-0.39, 0.29) is 11.9 Å². The number of likely N-dealkylation sites (tertiary alicyclic amines) is 1. The highest BCUT2D eigenvalue weighted by Gasteiger charge is 2.55. The van der Waals surface area contributed by atoms with Crippen LogP contribution >= 0.6 is 0 Å². The number of nitrogens with zero attached hydrogens (tertiary/aromatic N) is 3. The zero-order valence-corrected chi connectivity index (χ0v) is 15.8. The molecule has 5 heterocycles. The molecule has 3 atom stereocenters. The summed E-state index contributed by atoms with van der Waals surface area (Å²) < 4.78 is 10.6. The summed E-state index contributed by atoms with van der Waals surface area (Å²) in [5.74, 6) is 2.39. The molecule has 142 valence electrons. The molecule has 4 fully saturated rings. The Morgan fingerprint density at radius 3 is 2.56 bits per heavy atom. The van der Waals surface area contributed by atoms with Crippen LogP contribution in [-0.4, -0.2) is 59.5 Å². The molecule has 1 aromatic carbocycles. The van der Waals surface area contributed by atoms with Crippen molar-refractivity contribution in [2.75, 3.05) is 26.7 Å². The van der Waals surface area contributed by atoms with E-state index in [0.29, 0.717) is 29.3 Å². The van der Waals surface area contributed by atoms with Gasteiger partial charge in [-0.05, 0) is 56.5 Å². The van der Waals surface area contributed by atoms with Crippen molar-refractivity contribution in [2.24, 2.45) is 5.92 Å². The summed E-state index contributed by atoms with van der Waals surface area (Å²) in [5, 5.41) is 0. The van der Waals surface area contributed by atoms with Gasteiger partial charge >= 0.3 is 0 Å². The highest BCUT2D eigenvalue weighted by Crippen LogP contribution is 2.47. The number of fused-ring (bicyclic) bond motifs is 2. The highest BCUT2D eigenvalue weighted by molar-refractivity contribution is 5.93. The quantitative estimate of drug-likeness (QED) is 0.835. The number of piperidine rings is 3. The minimum atomic E-state index is 0.0148. The van der Waals surface area contributed by atoms with E-state index in [0.717, 1.165) is 25.4 Å². The van der Waals surface area contributed by atoms with Crippen molar-refractivity contribution in [3.63, 3.8) is 0 Å². The van der Waals surface area contributed by atoms with Gasteiger partial charge in [0.2, 0.25) is 0 Å². The lowest BCUT2D eigenvalue weighted by Crippen LogP contribution is -2.60. The normalized spacial score (nSPS) is 31.8. The van der Waals surface area contributed by atoms with Crippen molar-refractivity contribution in [1.29, 1.82) is 0 Å². The molecule has 1 amide bonds. The van der Waals surface area contributed by atoms with Crippen LogP contribution in [0.15, 0.2) is 35.1 Å². The Kier molecular flexibility index (Phi) is 3.97. The smallest absolute Gasteiger partial charge is 0.276 e. The number of hydrogen-bond donors (Lipinski definition) is 0. The van der Waals surface area contributed by atoms with E-state index in [2.05, 4.69) is 26.9 Å². The Morgan fingerprint density at radius 2 is 1.93 bits per heavy atom. The van der Waals surface area contributed by atoms with Crippen molar-refractivity contribution in [3.8, 4) is 5.75 Å². The highest BCUT2D eigenvalue weighted by atomic mass is 16.5. The molecular formula is C21H25N3O3. The topological polar surface area (TPSA) is 58.8 Å². The molecule has 0 N–H and O–H groups in total. The molecule has 2 bridgehead atoms. The van der Waals surface area contributed by atoms with Gasteiger partial charge in [-0.1, -0.05) is 12.1 Å². The largest absolute Gasteiger partial charge is 0.497 e. The fraction of sp³-hybridized carbons (Fsp3) is 0.524. The third kappa shape index (κ3) is 2.57. The Balaban J connectivity index is 1.51. The van der Waals surface area contributed by atoms with Crippen molar-refractivity contribution in [2.45, 2.75) is 37.8 Å². The van der Waals surface area contributed by atoms with E-state index in [1.807, 2.05) is 19.1 Å². The molecule has 1 aromatic heterocycles. The van der Waals surface area contributed by atoms with Crippen LogP contribution in [0.1, 0.15) is 40.6 Å². The Labute approximate surface area is 159 Å². The fourth-order valence-electron chi connectivity index (χ4n) is 5.45. The summed E-state index contributed by atoms with van der Waals surface area (Å²) in [6.45, 7) is 4.83. The van der Waals surface area contributed by atoms with Crippen LogP contribution in [0.4, 0.5) is 0 Å². The first-order valence-corrected chi connectivity index (χ1v) is 9.76. The molecule has 4 saturated heterocycles. The lowest BCUT2D eigenvalue weighted by molar-refractivity contribution is -0.00361. The second-order valence-electron chi connectivity index (χ2n) is 7.95. The Bertz CT molecular complexity index is 839. The van der Waals surface area contributed by atoms with Gasteiger partial charge in [0.05, 0.1) is 13.2 Å². The molecule has 0 saturated carbocycles. The van der Waals surface area contributed by atoms with Crippen molar-refractivity contribution in [1.82, 2.24) is 14.8 Å². The number of hydrogen-bond acceptors (Lipinski definition) is 5. The summed E-state index contributed by atoms with van der Waals surface area (Å²) in [7, 11) is 1.69. The molecule has 0 unspecified atom stereocenters. The lowest BCUT2D eigenvalue weighted by Gasteiger charge is -2.51. The Hall–Kier alpha value is -2.34. The minimum absolute atomic E-state index is 0.0148. The van der Waals surface area contributed by atoms with Gasteiger partial charge in [-0.15, -0.1) is 0 Å². The molecule has 6 nitrogen and oxygen atoms in total. The standard InChI is InChI=1S/C21H25N3O3/c1-13-18(22-12-27-13)21(25)24-11-17(14-3-5-16(26-2)6-4-14)20-19(24)15-7-9-23(20)10-8-15/h3-6,12,15,17,19-20H,7-11H2,1-2H3/t17-,19+,20+/m1/s1. The molecule has 27 heavy (non-hydrogen) atoms. The predicted molar refractivity (Wildman–Crippen MR) is 99.9 cm³/mol. The fourth-order valence-corrected chi connectivity index (χ4v) is 5.45. The number of amides is 1. The van der Waals surface area contributed by atoms with Crippen LogP contribution in [0.5, 0.6) is 5.75 Å². The zero-order valence-electron chi connectivity index (χ0n) is 15.8. The van der Waals surface area contributed by atoms with Crippen molar-refractivity contribution < 1.29 is 13.9 Å². The van der Waals surface area contributed by atoms with E-state index in [4.69, 9.17) is 9.15 Å². The zero-order chi connectivity index (χ0) is 18.5. The summed E-state index contributed by atoms with van der Waals surface area (Å²) >= 11 is 0. The Morgan fingerprint density at radius 1 is 1.19 bits per heavy atom. The number of aromatic nitrogens is 1. The van der Waals surface area contributed by atoms with Crippen molar-refractivity contribution in [3.05, 3.63) is 47.7 Å². The number of benzene rings is 1. The first-order chi connectivity index (χ1) is 13.2. The van der Waals surface area contributed by atoms with Gasteiger partial charge in [0.1, 0.15) is 11.5 Å². The van der Waals surface area contributed by atoms with E-state index in [1.165, 1.54) is 24.8 Å². The molecule has 0 aliphatic carbocycles. The molecule has 2 aromatic rings. The van der Waals surface area contributed by atoms with Gasteiger partial charge in [0, 0.05) is 18.5 Å². The molecule has 4 aliphatic rings. The number of oxazole rings is 1. The van der Waals surface area contributed by atoms with Crippen LogP contribution in [0.2, 0.25) is 0 Å². The van der Waals surface area contributed by atoms with Gasteiger partial charge in [0.25, 0.3) is 5.91 Å². The molecule has 6 rings (SSSR count). The maximum atomic E-state index is 13.3. The summed E-state index contributed by atoms with van der Waals surface area (Å²) in [5.41, 5.74) is 1.74. The lowest BCUT2D eigenvalue weighted by atomic mass is 9.75. The van der Waals surface area contributed by atoms with E-state index in [1.54, 1.807) is 7.11 Å². The number of ether oxygens (including phenoxy) is 1. The average Bonchev–Trinajstić information content (AvgIpc) is 3.34. The van der Waals surface area contributed by atoms with Crippen LogP contribution in [0.3, 0.4) is 0 Å². The van der Waals surface area contributed by atoms with E-state index >= 15 is 0 Å². The minimum Gasteiger partial charge on any atom is -0.497 e. The number of carbonyl (C=O) groups is 1. The molecule has 0 radical (unpaired) electrons. The van der Waals surface area contributed by atoms with Gasteiger partial charge < -0.3 is 14.1 Å². The van der Waals surface area contributed by atoms with Crippen LogP contribution < -0.4 is 4.74 Å². The second-order valence-corrected chi connectivity index (χ2v) is 7.95. The van der Waals surface area contributed by atoms with Gasteiger partial charge in [0.15, 0.2) is 12.1 Å². The molecular weight excluding hydrogens is 342 g/mol. The maximum Gasteiger partial charge on any atom is 0.276 e. The predicted octanol–water partition coefficient (Wildman–Crippen LogP) is 2.69. The maximum absolute atomic E-state index is 13.3. The number of carbonyl (C=O) groups excluding carboxylic acids is 1. The van der Waals surface area contributed by atoms with Crippen LogP contribution in [-0.2, 0) is 0 Å². The molecule has 4 aliphatic heterocycles. The van der Waals surface area contributed by atoms with Gasteiger partial charge in [-0.25, -0.2) is 4.98 Å². The first-order valence-electron chi connectivity index (χ1n) is 9.76. The van der Waals surface area contributed by atoms with Gasteiger partial charge in [-0.3, -0.25) is 9.69 Å². The monoisotopic (exact) mass is 367 g/mol. The van der Waals surface area contributed by atoms with E-state index < -0.39 is 0 Å². The van der Waals surface area contributed by atoms with Crippen molar-refractivity contribution >= 4 is 5.91 Å². The number of aryl methyl sites for hydroxylation is 1. The average molecular weight is 367 g/mol. The summed E-state index contributed by atoms with van der Waals surface area (Å²) in [4.78, 5) is 22.2. The number of methoxy groups -OCH3 is 1. The van der Waals surface area contributed by atoms with E-state index in [9.17, 15) is 4.79 Å². The SMILES string of the molecule is COc1ccc([C@H]2CN(C(=O)c3ncoc3C)[C@H]3C4CCN(CC4)[C@@H]23)cc1. The second kappa shape index (κ2) is 6.37. The number of rotatable bonds is 3. The summed E-state index contributed by atoms with van der Waals surface area (Å²) in [6, 6.07) is 9.00. The third-order valence-corrected chi connectivity index (χ3v) is 6.75. The third-order valence-electron chi connectivity index (χ3n) is 6.75.